The molecule has 0 aliphatic carbocycles. The Balaban J connectivity index is 3.69. The lowest BCUT2D eigenvalue weighted by Gasteiger charge is -2.07. The van der Waals surface area contributed by atoms with Crippen molar-refractivity contribution in [1.82, 2.24) is 0 Å². The van der Waals surface area contributed by atoms with Gasteiger partial charge in [0.2, 0.25) is 0 Å². The van der Waals surface area contributed by atoms with Crippen molar-refractivity contribution >= 4 is 53.5 Å². The molecule has 0 heterocycles. The molecule has 0 radical (unpaired) electrons. The number of nitriles is 1. The Hall–Kier alpha value is -0.120. The summed E-state index contributed by atoms with van der Waals surface area (Å²) in [7, 11) is 0. The molecule has 0 spiro atoms. The van der Waals surface area contributed by atoms with Crippen molar-refractivity contribution in [2.75, 3.05) is 5.73 Å². The van der Waals surface area contributed by atoms with Crippen molar-refractivity contribution in [3.63, 3.8) is 0 Å². The van der Waals surface area contributed by atoms with Crippen molar-refractivity contribution in [2.24, 2.45) is 0 Å². The van der Waals surface area contributed by atoms with Crippen molar-refractivity contribution in [3.05, 3.63) is 24.8 Å². The van der Waals surface area contributed by atoms with E-state index in [4.69, 9.17) is 11.0 Å². The van der Waals surface area contributed by atoms with Gasteiger partial charge < -0.3 is 5.73 Å². The van der Waals surface area contributed by atoms with Gasteiger partial charge in [-0.25, -0.2) is 4.39 Å². The lowest BCUT2D eigenvalue weighted by atomic mass is 10.2. The Labute approximate surface area is 99.3 Å². The molecule has 0 aliphatic heterocycles. The van der Waals surface area contributed by atoms with E-state index in [1.807, 2.05) is 6.07 Å². The minimum absolute atomic E-state index is 0.0927. The van der Waals surface area contributed by atoms with E-state index in [1.54, 1.807) is 0 Å². The van der Waals surface area contributed by atoms with E-state index in [2.05, 4.69) is 47.8 Å². The van der Waals surface area contributed by atoms with Gasteiger partial charge in [-0.1, -0.05) is 0 Å². The van der Waals surface area contributed by atoms with Crippen LogP contribution in [-0.2, 0) is 0 Å². The Morgan fingerprint density at radius 3 is 2.15 bits per heavy atom. The summed E-state index contributed by atoms with van der Waals surface area (Å²) in [5.41, 5.74) is 5.80. The van der Waals surface area contributed by atoms with Gasteiger partial charge in [0, 0.05) is 0 Å². The first-order chi connectivity index (χ1) is 6.00. The molecule has 1 aromatic rings. The summed E-state index contributed by atoms with van der Waals surface area (Å²) in [6, 6.07) is 1.87. The fraction of sp³-hybridized carbons (Fsp3) is 0. The Morgan fingerprint density at radius 2 is 1.69 bits per heavy atom. The first-order valence-electron chi connectivity index (χ1n) is 3.02. The van der Waals surface area contributed by atoms with Gasteiger partial charge in [0.1, 0.15) is 6.07 Å². The summed E-state index contributed by atoms with van der Waals surface area (Å²) in [5.74, 6) is -0.525. The first-order valence-corrected chi connectivity index (χ1v) is 5.40. The number of hydrogen-bond donors (Lipinski definition) is 1. The average molecular weight is 373 g/mol. The van der Waals surface area contributed by atoms with Crippen LogP contribution in [-0.4, -0.2) is 0 Å². The van der Waals surface area contributed by atoms with Crippen LogP contribution in [0.4, 0.5) is 10.1 Å². The van der Waals surface area contributed by atoms with E-state index in [0.29, 0.717) is 4.47 Å². The highest BCUT2D eigenvalue weighted by molar-refractivity contribution is 9.13. The second-order valence-corrected chi connectivity index (χ2v) is 4.54. The molecule has 0 saturated carbocycles. The maximum atomic E-state index is 13.3. The van der Waals surface area contributed by atoms with E-state index >= 15 is 0 Å². The molecular weight excluding hydrogens is 371 g/mol. The molecule has 68 valence electrons. The third-order valence-electron chi connectivity index (χ3n) is 1.42. The molecular formula is C7H2Br3FN2. The lowest BCUT2D eigenvalue weighted by molar-refractivity contribution is 0.614. The normalized spacial score (nSPS) is 9.77. The number of halogens is 4. The molecule has 6 heteroatoms. The van der Waals surface area contributed by atoms with Crippen LogP contribution in [0.2, 0.25) is 0 Å². The van der Waals surface area contributed by atoms with Crippen molar-refractivity contribution in [2.45, 2.75) is 0 Å². The zero-order valence-electron chi connectivity index (χ0n) is 6.04. The van der Waals surface area contributed by atoms with Gasteiger partial charge >= 0.3 is 0 Å². The van der Waals surface area contributed by atoms with Gasteiger partial charge in [-0.2, -0.15) is 5.26 Å². The molecule has 2 nitrogen and oxygen atoms in total. The monoisotopic (exact) mass is 370 g/mol. The fourth-order valence-corrected chi connectivity index (χ4v) is 2.29. The van der Waals surface area contributed by atoms with Gasteiger partial charge in [0.25, 0.3) is 0 Å². The second-order valence-electron chi connectivity index (χ2n) is 2.16. The van der Waals surface area contributed by atoms with Crippen LogP contribution in [0.25, 0.3) is 0 Å². The second kappa shape index (κ2) is 3.95. The summed E-state index contributed by atoms with van der Waals surface area (Å²) in [4.78, 5) is 0. The van der Waals surface area contributed by atoms with E-state index in [1.165, 1.54) is 0 Å². The van der Waals surface area contributed by atoms with E-state index in [9.17, 15) is 4.39 Å². The molecule has 0 fully saturated rings. The minimum atomic E-state index is -0.525. The van der Waals surface area contributed by atoms with Gasteiger partial charge in [-0.05, 0) is 47.8 Å². The Bertz CT molecular complexity index is 382. The van der Waals surface area contributed by atoms with Gasteiger partial charge in [-0.3, -0.25) is 0 Å². The molecule has 0 saturated heterocycles. The van der Waals surface area contributed by atoms with Crippen molar-refractivity contribution in [1.29, 1.82) is 5.26 Å². The molecule has 13 heavy (non-hydrogen) atoms. The van der Waals surface area contributed by atoms with Crippen molar-refractivity contribution < 1.29 is 4.39 Å². The molecule has 1 rings (SSSR count). The molecule has 0 atom stereocenters. The predicted molar refractivity (Wildman–Crippen MR) is 58.6 cm³/mol. The smallest absolute Gasteiger partial charge is 0.154 e. The Kier molecular flexibility index (Phi) is 3.33. The number of benzene rings is 1. The van der Waals surface area contributed by atoms with Gasteiger partial charge in [0.05, 0.1) is 24.7 Å². The number of nitrogen functional groups attached to an aromatic ring is 1. The topological polar surface area (TPSA) is 49.8 Å². The highest BCUT2D eigenvalue weighted by atomic mass is 79.9. The van der Waals surface area contributed by atoms with Crippen LogP contribution in [0.15, 0.2) is 13.4 Å². The number of anilines is 1. The fourth-order valence-electron chi connectivity index (χ4n) is 0.758. The maximum absolute atomic E-state index is 13.3. The highest BCUT2D eigenvalue weighted by Gasteiger charge is 2.18. The van der Waals surface area contributed by atoms with Crippen LogP contribution >= 0.6 is 47.8 Å². The molecule has 1 aromatic carbocycles. The summed E-state index contributed by atoms with van der Waals surface area (Å²) in [6.45, 7) is 0. The van der Waals surface area contributed by atoms with E-state index in [0.717, 1.165) is 0 Å². The third-order valence-corrected chi connectivity index (χ3v) is 4.26. The van der Waals surface area contributed by atoms with Crippen LogP contribution < -0.4 is 5.73 Å². The van der Waals surface area contributed by atoms with Crippen LogP contribution in [0, 0.1) is 17.1 Å². The molecule has 0 bridgehead atoms. The van der Waals surface area contributed by atoms with E-state index < -0.39 is 5.82 Å². The third kappa shape index (κ3) is 1.73. The average Bonchev–Trinajstić information content (AvgIpc) is 2.13. The zero-order chi connectivity index (χ0) is 10.2. The van der Waals surface area contributed by atoms with Gasteiger partial charge in [0.15, 0.2) is 5.82 Å². The lowest BCUT2D eigenvalue weighted by Crippen LogP contribution is -1.97. The Morgan fingerprint density at radius 1 is 1.15 bits per heavy atom. The highest BCUT2D eigenvalue weighted by Crippen LogP contribution is 2.38. The van der Waals surface area contributed by atoms with Crippen LogP contribution in [0.5, 0.6) is 0 Å². The van der Waals surface area contributed by atoms with E-state index in [-0.39, 0.29) is 20.2 Å². The summed E-state index contributed by atoms with van der Waals surface area (Å²) >= 11 is 9.02. The van der Waals surface area contributed by atoms with Crippen LogP contribution in [0.1, 0.15) is 5.56 Å². The maximum Gasteiger partial charge on any atom is 0.154 e. The number of nitrogens with zero attached hydrogens (tertiary/aromatic N) is 1. The molecule has 0 amide bonds. The molecule has 2 N–H and O–H groups in total. The minimum Gasteiger partial charge on any atom is -0.397 e. The van der Waals surface area contributed by atoms with Crippen LogP contribution in [0.3, 0.4) is 0 Å². The number of hydrogen-bond acceptors (Lipinski definition) is 2. The van der Waals surface area contributed by atoms with Crippen molar-refractivity contribution in [3.8, 4) is 6.07 Å². The summed E-state index contributed by atoms with van der Waals surface area (Å²) in [5, 5.41) is 8.71. The molecule has 0 aliphatic rings. The number of rotatable bonds is 0. The largest absolute Gasteiger partial charge is 0.397 e. The first kappa shape index (κ1) is 11.0. The molecule has 0 aromatic heterocycles. The SMILES string of the molecule is N#Cc1c(N)c(Br)c(F)c(Br)c1Br. The predicted octanol–water partition coefficient (Wildman–Crippen LogP) is 3.57. The summed E-state index contributed by atoms with van der Waals surface area (Å²) < 4.78 is 13.9. The molecule has 0 unspecified atom stereocenters. The quantitative estimate of drug-likeness (QED) is 0.430. The standard InChI is InChI=1S/C7H2Br3FN2/c8-3-2(1-12)7(13)5(10)6(11)4(3)9/h13H2. The summed E-state index contributed by atoms with van der Waals surface area (Å²) in [6.07, 6.45) is 0. The number of nitrogens with two attached hydrogens (primary N) is 1. The van der Waals surface area contributed by atoms with Gasteiger partial charge in [-0.15, -0.1) is 0 Å². The zero-order valence-corrected chi connectivity index (χ0v) is 10.8.